The fraction of sp³-hybridized carbons (Fsp3) is 0.389. The Morgan fingerprint density at radius 2 is 2.28 bits per heavy atom. The summed E-state index contributed by atoms with van der Waals surface area (Å²) in [4.78, 5) is 0.867. The van der Waals surface area contributed by atoms with E-state index in [9.17, 15) is 4.39 Å². The Hall–Kier alpha value is -1.52. The van der Waals surface area contributed by atoms with Crippen molar-refractivity contribution in [3.8, 4) is 11.8 Å². The van der Waals surface area contributed by atoms with Crippen LogP contribution in [0.5, 0.6) is 0 Å². The van der Waals surface area contributed by atoms with Crippen LogP contribution < -0.4 is 4.72 Å². The van der Waals surface area contributed by atoms with Crippen LogP contribution in [0, 0.1) is 17.3 Å². The molecular formula is C18H19ClFN3OS. The number of alkyl halides is 1. The van der Waals surface area contributed by atoms with Crippen molar-refractivity contribution >= 4 is 34.8 Å². The van der Waals surface area contributed by atoms with E-state index < -0.39 is 0 Å². The second kappa shape index (κ2) is 7.38. The Kier molecular flexibility index (Phi) is 5.40. The molecule has 0 saturated heterocycles. The normalized spacial score (nSPS) is 15.0. The molecule has 1 saturated carbocycles. The van der Waals surface area contributed by atoms with Crippen molar-refractivity contribution in [3.05, 3.63) is 34.6 Å². The molecule has 1 aliphatic carbocycles. The van der Waals surface area contributed by atoms with Crippen LogP contribution in [0.4, 0.5) is 4.39 Å². The van der Waals surface area contributed by atoms with Gasteiger partial charge in [0.15, 0.2) is 0 Å². The highest BCUT2D eigenvalue weighted by molar-refractivity contribution is 7.97. The first kappa shape index (κ1) is 18.3. The molecule has 0 radical (unpaired) electrons. The van der Waals surface area contributed by atoms with Crippen molar-refractivity contribution in [2.24, 2.45) is 0 Å². The largest absolute Gasteiger partial charge is 0.372 e. The van der Waals surface area contributed by atoms with E-state index >= 15 is 0 Å². The minimum Gasteiger partial charge on any atom is -0.372 e. The van der Waals surface area contributed by atoms with Gasteiger partial charge in [0.2, 0.25) is 0 Å². The van der Waals surface area contributed by atoms with Crippen LogP contribution in [-0.4, -0.2) is 36.0 Å². The van der Waals surface area contributed by atoms with Crippen molar-refractivity contribution in [1.82, 2.24) is 9.12 Å². The first-order chi connectivity index (χ1) is 12.0. The van der Waals surface area contributed by atoms with E-state index in [1.54, 1.807) is 14.0 Å². The maximum Gasteiger partial charge on any atom is 0.108 e. The Labute approximate surface area is 155 Å². The Morgan fingerprint density at radius 3 is 2.88 bits per heavy atom. The van der Waals surface area contributed by atoms with Gasteiger partial charge in [-0.1, -0.05) is 23.4 Å². The summed E-state index contributed by atoms with van der Waals surface area (Å²) in [5.74, 6) is 5.98. The molecule has 2 aromatic heterocycles. The number of fused-ring (bicyclic) bond motifs is 1. The molecule has 0 unspecified atom stereocenters. The molecule has 7 heteroatoms. The zero-order chi connectivity index (χ0) is 18.0. The van der Waals surface area contributed by atoms with Gasteiger partial charge in [-0.25, -0.2) is 4.39 Å². The summed E-state index contributed by atoms with van der Waals surface area (Å²) in [7, 11) is 1.59. The summed E-state index contributed by atoms with van der Waals surface area (Å²) in [5.41, 5.74) is 2.29. The molecule has 0 atom stereocenters. The van der Waals surface area contributed by atoms with Gasteiger partial charge < -0.3 is 14.5 Å². The van der Waals surface area contributed by atoms with Gasteiger partial charge in [-0.2, -0.15) is 0 Å². The molecule has 1 fully saturated rings. The average molecular weight is 380 g/mol. The lowest BCUT2D eigenvalue weighted by Gasteiger charge is -2.13. The third-order valence-electron chi connectivity index (χ3n) is 4.11. The number of methoxy groups -OCH3 is 1. The summed E-state index contributed by atoms with van der Waals surface area (Å²) in [6.07, 6.45) is 3.60. The highest BCUT2D eigenvalue weighted by Crippen LogP contribution is 2.39. The molecule has 132 valence electrons. The lowest BCUT2D eigenvalue weighted by atomic mass is 10.2. The van der Waals surface area contributed by atoms with Crippen molar-refractivity contribution in [3.63, 3.8) is 0 Å². The molecule has 0 spiro atoms. The number of hydrogen-bond donors (Lipinski definition) is 2. The lowest BCUT2D eigenvalue weighted by molar-refractivity contribution is 0.240. The van der Waals surface area contributed by atoms with E-state index in [0.717, 1.165) is 34.5 Å². The zero-order valence-electron chi connectivity index (χ0n) is 14.1. The van der Waals surface area contributed by atoms with Crippen LogP contribution in [0.25, 0.3) is 5.52 Å². The SMILES string of the molecule is COCC#Cc1cc(C(C)=N)n2cc(SNC3(CF)CC3)cc(Cl)c12. The van der Waals surface area contributed by atoms with E-state index in [1.165, 1.54) is 11.9 Å². The maximum atomic E-state index is 13.0. The van der Waals surface area contributed by atoms with Crippen molar-refractivity contribution in [2.75, 3.05) is 20.4 Å². The van der Waals surface area contributed by atoms with E-state index in [2.05, 4.69) is 16.6 Å². The molecule has 25 heavy (non-hydrogen) atoms. The molecule has 0 aliphatic heterocycles. The first-order valence-electron chi connectivity index (χ1n) is 7.87. The number of halogens is 2. The van der Waals surface area contributed by atoms with E-state index in [0.29, 0.717) is 17.3 Å². The average Bonchev–Trinajstić information content (AvgIpc) is 3.27. The summed E-state index contributed by atoms with van der Waals surface area (Å²) < 4.78 is 23.1. The van der Waals surface area contributed by atoms with Crippen LogP contribution in [0.3, 0.4) is 0 Å². The quantitative estimate of drug-likeness (QED) is 0.451. The molecule has 3 rings (SSSR count). The Morgan fingerprint density at radius 1 is 1.52 bits per heavy atom. The highest BCUT2D eigenvalue weighted by atomic mass is 35.5. The third-order valence-corrected chi connectivity index (χ3v) is 5.39. The van der Waals surface area contributed by atoms with Crippen LogP contribution in [0.2, 0.25) is 5.02 Å². The second-order valence-corrected chi connectivity index (χ2v) is 7.45. The fourth-order valence-corrected chi connectivity index (χ4v) is 3.79. The van der Waals surface area contributed by atoms with Crippen molar-refractivity contribution in [1.29, 1.82) is 5.41 Å². The van der Waals surface area contributed by atoms with Gasteiger partial charge in [-0.15, -0.1) is 0 Å². The van der Waals surface area contributed by atoms with Crippen molar-refractivity contribution < 1.29 is 9.13 Å². The Balaban J connectivity index is 1.99. The van der Waals surface area contributed by atoms with Gasteiger partial charge >= 0.3 is 0 Å². The van der Waals surface area contributed by atoms with Crippen LogP contribution in [0.1, 0.15) is 31.0 Å². The molecule has 0 amide bonds. The number of nitrogens with zero attached hydrogens (tertiary/aromatic N) is 1. The Bertz CT molecular complexity index is 880. The van der Waals surface area contributed by atoms with E-state index in [-0.39, 0.29) is 12.2 Å². The lowest BCUT2D eigenvalue weighted by Crippen LogP contribution is -2.27. The zero-order valence-corrected chi connectivity index (χ0v) is 15.7. The third kappa shape index (κ3) is 3.85. The monoisotopic (exact) mass is 379 g/mol. The summed E-state index contributed by atoms with van der Waals surface area (Å²) >= 11 is 7.86. The number of aromatic nitrogens is 1. The second-order valence-electron chi connectivity index (χ2n) is 6.16. The number of nitrogens with one attached hydrogen (secondary N) is 2. The summed E-state index contributed by atoms with van der Waals surface area (Å²) in [6.45, 7) is 1.68. The predicted octanol–water partition coefficient (Wildman–Crippen LogP) is 4.08. The molecule has 4 nitrogen and oxygen atoms in total. The smallest absolute Gasteiger partial charge is 0.108 e. The molecule has 0 bridgehead atoms. The van der Waals surface area contributed by atoms with Crippen LogP contribution in [0.15, 0.2) is 23.2 Å². The van der Waals surface area contributed by atoms with Crippen molar-refractivity contribution in [2.45, 2.75) is 30.2 Å². The minimum atomic E-state index is -0.389. The topological polar surface area (TPSA) is 49.5 Å². The van der Waals surface area contributed by atoms with E-state index in [1.807, 2.05) is 22.7 Å². The van der Waals surface area contributed by atoms with Gasteiger partial charge in [0.25, 0.3) is 0 Å². The summed E-state index contributed by atoms with van der Waals surface area (Å²) in [5, 5.41) is 8.56. The molecule has 1 aliphatic rings. The number of hydrogen-bond acceptors (Lipinski definition) is 4. The molecular weight excluding hydrogens is 361 g/mol. The molecule has 2 N–H and O–H groups in total. The predicted molar refractivity (Wildman–Crippen MR) is 101 cm³/mol. The molecule has 2 heterocycles. The first-order valence-corrected chi connectivity index (χ1v) is 9.07. The van der Waals surface area contributed by atoms with E-state index in [4.69, 9.17) is 21.7 Å². The van der Waals surface area contributed by atoms with Crippen LogP contribution >= 0.6 is 23.5 Å². The van der Waals surface area contributed by atoms with Gasteiger partial charge in [-0.05, 0) is 43.8 Å². The number of ether oxygens (including phenoxy) is 1. The van der Waals surface area contributed by atoms with Gasteiger partial charge in [0, 0.05) is 18.2 Å². The van der Waals surface area contributed by atoms with Gasteiger partial charge in [-0.3, -0.25) is 4.72 Å². The number of pyridine rings is 1. The maximum absolute atomic E-state index is 13.0. The highest BCUT2D eigenvalue weighted by Gasteiger charge is 2.42. The number of rotatable bonds is 6. The van der Waals surface area contributed by atoms with Gasteiger partial charge in [0.05, 0.1) is 33.0 Å². The molecule has 0 aromatic carbocycles. The minimum absolute atomic E-state index is 0.330. The van der Waals surface area contributed by atoms with Crippen LogP contribution in [-0.2, 0) is 4.74 Å². The van der Waals surface area contributed by atoms with Gasteiger partial charge in [0.1, 0.15) is 13.3 Å². The summed E-state index contributed by atoms with van der Waals surface area (Å²) in [6, 6.07) is 3.70. The fourth-order valence-electron chi connectivity index (χ4n) is 2.48. The standard InChI is InChI=1S/C18H19ClFN3OS/c1-12(21)16-8-13(4-3-7-24-2)17-15(19)9-14(10-23(16)17)25-22-18(11-20)5-6-18/h8-10,21-22H,5-7,11H2,1-2H3. The molecule has 2 aromatic rings.